The summed E-state index contributed by atoms with van der Waals surface area (Å²) in [5.74, 6) is 0.313. The largest absolute Gasteiger partial charge is 0.490 e. The Balaban J connectivity index is 3.03. The molecule has 5 heteroatoms. The summed E-state index contributed by atoms with van der Waals surface area (Å²) in [5.41, 5.74) is 5.82. The molecule has 1 unspecified atom stereocenters. The highest BCUT2D eigenvalue weighted by Crippen LogP contribution is 2.33. The molecule has 118 valence electrons. The average Bonchev–Trinajstić information content (AvgIpc) is 2.37. The van der Waals surface area contributed by atoms with Gasteiger partial charge in [0, 0.05) is 6.04 Å². The van der Waals surface area contributed by atoms with Gasteiger partial charge >= 0.3 is 5.97 Å². The number of aliphatic carboxylic acids is 1. The second kappa shape index (κ2) is 7.31. The van der Waals surface area contributed by atoms with Gasteiger partial charge in [0.05, 0.1) is 12.0 Å². The van der Waals surface area contributed by atoms with Crippen LogP contribution in [0.2, 0.25) is 0 Å². The maximum absolute atomic E-state index is 11.2. The molecular weight excluding hydrogens is 270 g/mol. The number of benzene rings is 1. The molecule has 0 saturated heterocycles. The van der Waals surface area contributed by atoms with Crippen molar-refractivity contribution < 1.29 is 19.4 Å². The summed E-state index contributed by atoms with van der Waals surface area (Å²) < 4.78 is 11.4. The van der Waals surface area contributed by atoms with E-state index in [0.29, 0.717) is 24.5 Å². The van der Waals surface area contributed by atoms with Crippen molar-refractivity contribution in [1.82, 2.24) is 0 Å². The number of hydrogen-bond acceptors (Lipinski definition) is 4. The van der Waals surface area contributed by atoms with Gasteiger partial charge in [-0.2, -0.15) is 0 Å². The van der Waals surface area contributed by atoms with Crippen molar-refractivity contribution in [1.29, 1.82) is 0 Å². The predicted molar refractivity (Wildman–Crippen MR) is 81.9 cm³/mol. The second-order valence-electron chi connectivity index (χ2n) is 5.84. The van der Waals surface area contributed by atoms with E-state index in [1.807, 2.05) is 32.0 Å². The molecule has 3 N–H and O–H groups in total. The lowest BCUT2D eigenvalue weighted by Gasteiger charge is -2.22. The molecule has 0 saturated carbocycles. The van der Waals surface area contributed by atoms with Crippen LogP contribution in [0.15, 0.2) is 18.2 Å². The molecule has 1 atom stereocenters. The fraction of sp³-hybridized carbons (Fsp3) is 0.562. The van der Waals surface area contributed by atoms with E-state index in [9.17, 15) is 9.90 Å². The van der Waals surface area contributed by atoms with Gasteiger partial charge in [-0.05, 0) is 45.7 Å². The first-order valence-electron chi connectivity index (χ1n) is 7.14. The number of carbonyl (C=O) groups is 1. The SMILES string of the molecule is CCOc1cccc(CC(C)N)c1OCC(C)(C)C(=O)O. The molecule has 5 nitrogen and oxygen atoms in total. The highest BCUT2D eigenvalue weighted by Gasteiger charge is 2.29. The fourth-order valence-electron chi connectivity index (χ4n) is 1.82. The van der Waals surface area contributed by atoms with Gasteiger partial charge in [-0.25, -0.2) is 0 Å². The number of hydrogen-bond donors (Lipinski definition) is 2. The second-order valence-corrected chi connectivity index (χ2v) is 5.84. The molecule has 0 heterocycles. The summed E-state index contributed by atoms with van der Waals surface area (Å²) in [7, 11) is 0. The van der Waals surface area contributed by atoms with Crippen LogP contribution in [-0.2, 0) is 11.2 Å². The van der Waals surface area contributed by atoms with E-state index in [1.165, 1.54) is 0 Å². The van der Waals surface area contributed by atoms with Gasteiger partial charge in [0.2, 0.25) is 0 Å². The van der Waals surface area contributed by atoms with Crippen molar-refractivity contribution in [3.8, 4) is 11.5 Å². The molecule has 1 aromatic rings. The Kier molecular flexibility index (Phi) is 6.03. The monoisotopic (exact) mass is 295 g/mol. The summed E-state index contributed by atoms with van der Waals surface area (Å²) in [6, 6.07) is 5.61. The fourth-order valence-corrected chi connectivity index (χ4v) is 1.82. The standard InChI is InChI=1S/C16H25NO4/c1-5-20-13-8-6-7-12(9-11(2)17)14(13)21-10-16(3,4)15(18)19/h6-8,11H,5,9-10,17H2,1-4H3,(H,18,19). The first kappa shape index (κ1) is 17.3. The van der Waals surface area contributed by atoms with Crippen LogP contribution in [0, 0.1) is 5.41 Å². The third kappa shape index (κ3) is 4.93. The number of carboxylic acids is 1. The van der Waals surface area contributed by atoms with Crippen LogP contribution in [0.5, 0.6) is 11.5 Å². The minimum Gasteiger partial charge on any atom is -0.490 e. The zero-order valence-corrected chi connectivity index (χ0v) is 13.2. The first-order chi connectivity index (χ1) is 9.77. The van der Waals surface area contributed by atoms with E-state index in [2.05, 4.69) is 0 Å². The van der Waals surface area contributed by atoms with Crippen LogP contribution >= 0.6 is 0 Å². The van der Waals surface area contributed by atoms with Crippen LogP contribution in [0.1, 0.15) is 33.3 Å². The smallest absolute Gasteiger partial charge is 0.312 e. The highest BCUT2D eigenvalue weighted by atomic mass is 16.5. The van der Waals surface area contributed by atoms with Gasteiger partial charge in [-0.15, -0.1) is 0 Å². The lowest BCUT2D eigenvalue weighted by Crippen LogP contribution is -2.31. The lowest BCUT2D eigenvalue weighted by atomic mass is 9.95. The van der Waals surface area contributed by atoms with E-state index < -0.39 is 11.4 Å². The van der Waals surface area contributed by atoms with Crippen LogP contribution < -0.4 is 15.2 Å². The minimum absolute atomic E-state index is 0.0169. The summed E-state index contributed by atoms with van der Waals surface area (Å²) in [5, 5.41) is 9.18. The molecular formula is C16H25NO4. The molecule has 0 bridgehead atoms. The third-order valence-electron chi connectivity index (χ3n) is 3.06. The van der Waals surface area contributed by atoms with Gasteiger partial charge in [0.25, 0.3) is 0 Å². The van der Waals surface area contributed by atoms with Crippen molar-refractivity contribution in [2.75, 3.05) is 13.2 Å². The maximum Gasteiger partial charge on any atom is 0.312 e. The number of carboxylic acid groups (broad SMARTS) is 1. The summed E-state index contributed by atoms with van der Waals surface area (Å²) in [4.78, 5) is 11.2. The molecule has 1 aromatic carbocycles. The van der Waals surface area contributed by atoms with Crippen LogP contribution in [0.25, 0.3) is 0 Å². The summed E-state index contributed by atoms with van der Waals surface area (Å²) >= 11 is 0. The maximum atomic E-state index is 11.2. The zero-order valence-electron chi connectivity index (χ0n) is 13.2. The van der Waals surface area contributed by atoms with E-state index >= 15 is 0 Å². The Morgan fingerprint density at radius 1 is 1.38 bits per heavy atom. The molecule has 0 aliphatic carbocycles. The van der Waals surface area contributed by atoms with Crippen molar-refractivity contribution in [3.05, 3.63) is 23.8 Å². The Bertz CT molecular complexity index is 483. The van der Waals surface area contributed by atoms with Crippen LogP contribution in [0.3, 0.4) is 0 Å². The van der Waals surface area contributed by atoms with Gasteiger partial charge in [0.1, 0.15) is 6.61 Å². The minimum atomic E-state index is -0.967. The number of ether oxygens (including phenoxy) is 2. The van der Waals surface area contributed by atoms with Crippen LogP contribution in [-0.4, -0.2) is 30.3 Å². The molecule has 0 aromatic heterocycles. The predicted octanol–water partition coefficient (Wildman–Crippen LogP) is 2.46. The van der Waals surface area contributed by atoms with E-state index in [0.717, 1.165) is 5.56 Å². The summed E-state index contributed by atoms with van der Waals surface area (Å²) in [6.45, 7) is 7.65. The Morgan fingerprint density at radius 3 is 2.57 bits per heavy atom. The van der Waals surface area contributed by atoms with Crippen molar-refractivity contribution >= 4 is 5.97 Å². The van der Waals surface area contributed by atoms with E-state index in [-0.39, 0.29) is 12.6 Å². The number of nitrogens with two attached hydrogens (primary N) is 1. The van der Waals surface area contributed by atoms with Gasteiger partial charge < -0.3 is 20.3 Å². The van der Waals surface area contributed by atoms with Gasteiger partial charge in [-0.1, -0.05) is 12.1 Å². The quantitative estimate of drug-likeness (QED) is 0.770. The topological polar surface area (TPSA) is 81.8 Å². The Hall–Kier alpha value is -1.75. The van der Waals surface area contributed by atoms with Gasteiger partial charge in [0.15, 0.2) is 11.5 Å². The van der Waals surface area contributed by atoms with Crippen molar-refractivity contribution in [2.24, 2.45) is 11.1 Å². The first-order valence-corrected chi connectivity index (χ1v) is 7.14. The van der Waals surface area contributed by atoms with Gasteiger partial charge in [-0.3, -0.25) is 4.79 Å². The van der Waals surface area contributed by atoms with Crippen molar-refractivity contribution in [3.63, 3.8) is 0 Å². The molecule has 0 amide bonds. The van der Waals surface area contributed by atoms with E-state index in [4.69, 9.17) is 15.2 Å². The molecule has 0 spiro atoms. The lowest BCUT2D eigenvalue weighted by molar-refractivity contribution is -0.148. The number of para-hydroxylation sites is 1. The molecule has 0 aliphatic heterocycles. The van der Waals surface area contributed by atoms with E-state index in [1.54, 1.807) is 13.8 Å². The Morgan fingerprint density at radius 2 is 2.05 bits per heavy atom. The normalized spacial score (nSPS) is 12.8. The summed E-state index contributed by atoms with van der Waals surface area (Å²) in [6.07, 6.45) is 0.643. The molecule has 0 aliphatic rings. The van der Waals surface area contributed by atoms with Crippen molar-refractivity contribution in [2.45, 2.75) is 40.2 Å². The zero-order chi connectivity index (χ0) is 16.0. The average molecular weight is 295 g/mol. The molecule has 1 rings (SSSR count). The Labute approximate surface area is 126 Å². The third-order valence-corrected chi connectivity index (χ3v) is 3.06. The highest BCUT2D eigenvalue weighted by molar-refractivity contribution is 5.73. The van der Waals surface area contributed by atoms with Crippen LogP contribution in [0.4, 0.5) is 0 Å². The number of rotatable bonds is 8. The molecule has 0 fully saturated rings. The molecule has 0 radical (unpaired) electrons. The molecule has 21 heavy (non-hydrogen) atoms.